The third kappa shape index (κ3) is 4.29. The van der Waals surface area contributed by atoms with Gasteiger partial charge in [-0.15, -0.1) is 12.4 Å². The van der Waals surface area contributed by atoms with Crippen molar-refractivity contribution in [3.8, 4) is 0 Å². The van der Waals surface area contributed by atoms with E-state index in [0.29, 0.717) is 0 Å². The Morgan fingerprint density at radius 1 is 0.875 bits per heavy atom. The van der Waals surface area contributed by atoms with Crippen molar-refractivity contribution in [2.24, 2.45) is 0 Å². The van der Waals surface area contributed by atoms with Crippen LogP contribution in [0.1, 0.15) is 0 Å². The van der Waals surface area contributed by atoms with Crippen molar-refractivity contribution in [1.82, 2.24) is 4.90 Å². The smallest absolute Gasteiger partial charge is 0.0993 e. The van der Waals surface area contributed by atoms with Gasteiger partial charge in [0.2, 0.25) is 0 Å². The molecule has 0 aromatic rings. The van der Waals surface area contributed by atoms with Gasteiger partial charge in [0.25, 0.3) is 0 Å². The fourth-order valence-corrected chi connectivity index (χ4v) is 0.134. The molecule has 0 heterocycles. The van der Waals surface area contributed by atoms with E-state index in [1.807, 2.05) is 0 Å². The molecule has 8 heavy (non-hydrogen) atoms. The molecular weight excluding hydrogens is 133 g/mol. The topological polar surface area (TPSA) is 63.9 Å². The second-order valence-electron chi connectivity index (χ2n) is 1.10. The van der Waals surface area contributed by atoms with Crippen LogP contribution >= 0.6 is 12.4 Å². The largest absolute Gasteiger partial charge is 0.381 e. The number of halogens is 1. The number of nitrogens with zero attached hydrogens (tertiary/aromatic N) is 1. The summed E-state index contributed by atoms with van der Waals surface area (Å²) in [5.74, 6) is 0. The highest BCUT2D eigenvalue weighted by Crippen LogP contribution is 1.75. The monoisotopic (exact) mass is 143 g/mol. The van der Waals surface area contributed by atoms with Gasteiger partial charge >= 0.3 is 0 Å². The molecule has 0 radical (unpaired) electrons. The fraction of sp³-hybridized carbons (Fsp3) is 1.00. The standard InChI is InChI=1S/C3H9NO3.ClH/c5-1-4(2-6)3-7;/h5-7H,1-3H2;1H. The Kier molecular flexibility index (Phi) is 9.80. The van der Waals surface area contributed by atoms with Crippen LogP contribution in [-0.2, 0) is 0 Å². The van der Waals surface area contributed by atoms with Crippen LogP contribution in [0.5, 0.6) is 0 Å². The lowest BCUT2D eigenvalue weighted by molar-refractivity contribution is -0.0268. The summed E-state index contributed by atoms with van der Waals surface area (Å²) in [6, 6.07) is 0. The molecule has 0 fully saturated rings. The fourth-order valence-electron chi connectivity index (χ4n) is 0.134. The first-order chi connectivity index (χ1) is 3.35. The lowest BCUT2D eigenvalue weighted by Gasteiger charge is -2.09. The average molecular weight is 144 g/mol. The maximum atomic E-state index is 8.13. The van der Waals surface area contributed by atoms with Crippen molar-refractivity contribution in [3.05, 3.63) is 0 Å². The predicted octanol–water partition coefficient (Wildman–Crippen LogP) is -1.44. The minimum Gasteiger partial charge on any atom is -0.381 e. The van der Waals surface area contributed by atoms with Crippen LogP contribution in [-0.4, -0.2) is 40.4 Å². The van der Waals surface area contributed by atoms with E-state index in [1.165, 1.54) is 0 Å². The molecule has 0 amide bonds. The molecule has 0 aliphatic rings. The zero-order valence-corrected chi connectivity index (χ0v) is 5.13. The highest BCUT2D eigenvalue weighted by atomic mass is 35.5. The molecule has 5 heteroatoms. The zero-order chi connectivity index (χ0) is 5.70. The number of hydrogen-bond donors (Lipinski definition) is 3. The van der Waals surface area contributed by atoms with Crippen LogP contribution in [0.15, 0.2) is 0 Å². The molecule has 0 aromatic carbocycles. The quantitative estimate of drug-likeness (QED) is 0.424. The van der Waals surface area contributed by atoms with Crippen molar-refractivity contribution < 1.29 is 15.3 Å². The first-order valence-corrected chi connectivity index (χ1v) is 1.90. The number of hydrogen-bond acceptors (Lipinski definition) is 4. The summed E-state index contributed by atoms with van der Waals surface area (Å²) in [6.45, 7) is -0.938. The lowest BCUT2D eigenvalue weighted by atomic mass is 10.9. The van der Waals surface area contributed by atoms with Crippen LogP contribution in [0, 0.1) is 0 Å². The maximum Gasteiger partial charge on any atom is 0.0993 e. The van der Waals surface area contributed by atoms with Crippen LogP contribution < -0.4 is 0 Å². The normalized spacial score (nSPS) is 9.00. The molecule has 0 aliphatic heterocycles. The zero-order valence-electron chi connectivity index (χ0n) is 4.32. The van der Waals surface area contributed by atoms with E-state index in [0.717, 1.165) is 4.90 Å². The summed E-state index contributed by atoms with van der Waals surface area (Å²) in [7, 11) is 0. The number of aliphatic hydroxyl groups excluding tert-OH is 3. The van der Waals surface area contributed by atoms with Gasteiger partial charge in [0.1, 0.15) is 0 Å². The van der Waals surface area contributed by atoms with E-state index >= 15 is 0 Å². The van der Waals surface area contributed by atoms with Crippen molar-refractivity contribution in [2.75, 3.05) is 20.2 Å². The molecule has 0 atom stereocenters. The molecule has 3 N–H and O–H groups in total. The van der Waals surface area contributed by atoms with Crippen LogP contribution in [0.3, 0.4) is 0 Å². The Bertz CT molecular complexity index is 36.0. The van der Waals surface area contributed by atoms with E-state index in [4.69, 9.17) is 15.3 Å². The molecule has 0 saturated carbocycles. The number of rotatable bonds is 3. The van der Waals surface area contributed by atoms with Crippen LogP contribution in [0.25, 0.3) is 0 Å². The first-order valence-electron chi connectivity index (χ1n) is 1.90. The van der Waals surface area contributed by atoms with Gasteiger partial charge in [0, 0.05) is 0 Å². The maximum absolute atomic E-state index is 8.13. The predicted molar refractivity (Wildman–Crippen MR) is 30.3 cm³/mol. The number of aliphatic hydroxyl groups is 3. The molecule has 0 aliphatic carbocycles. The SMILES string of the molecule is Cl.OCN(CO)CO. The third-order valence-corrected chi connectivity index (χ3v) is 0.600. The second kappa shape index (κ2) is 7.13. The summed E-state index contributed by atoms with van der Waals surface area (Å²) in [4.78, 5) is 1.04. The summed E-state index contributed by atoms with van der Waals surface area (Å²) in [6.07, 6.45) is 0. The van der Waals surface area contributed by atoms with Gasteiger partial charge < -0.3 is 15.3 Å². The van der Waals surface area contributed by atoms with E-state index in [2.05, 4.69) is 0 Å². The second-order valence-corrected chi connectivity index (χ2v) is 1.10. The van der Waals surface area contributed by atoms with Crippen LogP contribution in [0.2, 0.25) is 0 Å². The summed E-state index contributed by atoms with van der Waals surface area (Å²) in [5.41, 5.74) is 0. The Morgan fingerprint density at radius 2 is 1.12 bits per heavy atom. The third-order valence-electron chi connectivity index (χ3n) is 0.600. The van der Waals surface area contributed by atoms with Gasteiger partial charge in [-0.1, -0.05) is 0 Å². The molecule has 0 aromatic heterocycles. The van der Waals surface area contributed by atoms with E-state index < -0.39 is 0 Å². The summed E-state index contributed by atoms with van der Waals surface area (Å²) < 4.78 is 0. The lowest BCUT2D eigenvalue weighted by Crippen LogP contribution is -2.26. The van der Waals surface area contributed by atoms with Gasteiger partial charge in [-0.3, -0.25) is 0 Å². The van der Waals surface area contributed by atoms with Gasteiger partial charge in [-0.25, -0.2) is 4.90 Å². The molecule has 0 saturated heterocycles. The Morgan fingerprint density at radius 3 is 1.12 bits per heavy atom. The molecular formula is C3H10ClNO3. The van der Waals surface area contributed by atoms with Gasteiger partial charge in [-0.05, 0) is 0 Å². The van der Waals surface area contributed by atoms with Gasteiger partial charge in [0.05, 0.1) is 20.2 Å². The summed E-state index contributed by atoms with van der Waals surface area (Å²) >= 11 is 0. The van der Waals surface area contributed by atoms with Crippen molar-refractivity contribution in [2.45, 2.75) is 0 Å². The van der Waals surface area contributed by atoms with E-state index in [9.17, 15) is 0 Å². The van der Waals surface area contributed by atoms with Gasteiger partial charge in [0.15, 0.2) is 0 Å². The highest BCUT2D eigenvalue weighted by molar-refractivity contribution is 5.85. The molecule has 4 nitrogen and oxygen atoms in total. The molecule has 0 spiro atoms. The Balaban J connectivity index is 0. The molecule has 52 valence electrons. The van der Waals surface area contributed by atoms with Crippen molar-refractivity contribution in [1.29, 1.82) is 0 Å². The Hall–Kier alpha value is 0.130. The highest BCUT2D eigenvalue weighted by Gasteiger charge is 1.93. The minimum absolute atomic E-state index is 0. The molecule has 0 bridgehead atoms. The summed E-state index contributed by atoms with van der Waals surface area (Å²) in [5, 5.41) is 24.4. The molecule has 0 unspecified atom stereocenters. The van der Waals surface area contributed by atoms with E-state index in [-0.39, 0.29) is 32.6 Å². The van der Waals surface area contributed by atoms with Crippen molar-refractivity contribution >= 4 is 12.4 Å². The average Bonchev–Trinajstić information content (AvgIpc) is 1.72. The van der Waals surface area contributed by atoms with Crippen molar-refractivity contribution in [3.63, 3.8) is 0 Å². The van der Waals surface area contributed by atoms with Gasteiger partial charge in [-0.2, -0.15) is 0 Å². The Labute approximate surface area is 53.8 Å². The minimum atomic E-state index is -0.312. The first kappa shape index (κ1) is 11.0. The molecule has 0 rings (SSSR count). The van der Waals surface area contributed by atoms with Crippen LogP contribution in [0.4, 0.5) is 0 Å². The van der Waals surface area contributed by atoms with E-state index in [1.54, 1.807) is 0 Å².